The third-order valence-electron chi connectivity index (χ3n) is 3.28. The first-order valence-corrected chi connectivity index (χ1v) is 6.81. The highest BCUT2D eigenvalue weighted by Gasteiger charge is 2.14. The van der Waals surface area contributed by atoms with Crippen molar-refractivity contribution in [2.45, 2.75) is 0 Å². The molecule has 0 bridgehead atoms. The van der Waals surface area contributed by atoms with Crippen LogP contribution in [0.2, 0.25) is 0 Å². The molecule has 1 aliphatic heterocycles. The number of likely N-dealkylation sites (N-methyl/N-ethyl adjacent to an activating group) is 1. The van der Waals surface area contributed by atoms with E-state index in [1.807, 2.05) is 24.4 Å². The Bertz CT molecular complexity index is 613. The Morgan fingerprint density at radius 3 is 2.70 bits per heavy atom. The maximum absolute atomic E-state index is 5.64. The maximum atomic E-state index is 5.64. The van der Waals surface area contributed by atoms with Crippen LogP contribution in [0, 0.1) is 0 Å². The standard InChI is InChI=1S/C15H19N3O2/c1-18(2)6-5-17-15-12-10-14-13(19-7-8-20-14)9-11(12)3-4-16-15/h3-4,9-10H,5-8H2,1-2H3,(H,16,17). The normalized spacial score (nSPS) is 13.8. The smallest absolute Gasteiger partial charge is 0.162 e. The molecule has 1 aliphatic rings. The molecule has 0 unspecified atom stereocenters. The van der Waals surface area contributed by atoms with Crippen LogP contribution in [0.4, 0.5) is 5.82 Å². The van der Waals surface area contributed by atoms with Crippen molar-refractivity contribution in [3.8, 4) is 11.5 Å². The molecule has 2 aromatic rings. The highest BCUT2D eigenvalue weighted by atomic mass is 16.6. The van der Waals surface area contributed by atoms with Crippen molar-refractivity contribution < 1.29 is 9.47 Å². The third kappa shape index (κ3) is 2.63. The number of aromatic nitrogens is 1. The molecule has 5 nitrogen and oxygen atoms in total. The third-order valence-corrected chi connectivity index (χ3v) is 3.28. The summed E-state index contributed by atoms with van der Waals surface area (Å²) in [6, 6.07) is 6.02. The number of nitrogens with one attached hydrogen (secondary N) is 1. The van der Waals surface area contributed by atoms with Crippen molar-refractivity contribution in [2.75, 3.05) is 45.7 Å². The predicted molar refractivity (Wildman–Crippen MR) is 79.8 cm³/mol. The largest absolute Gasteiger partial charge is 0.486 e. The van der Waals surface area contributed by atoms with Crippen LogP contribution in [-0.4, -0.2) is 50.3 Å². The Balaban J connectivity index is 1.92. The Morgan fingerprint density at radius 2 is 1.95 bits per heavy atom. The van der Waals surface area contributed by atoms with E-state index in [9.17, 15) is 0 Å². The SMILES string of the molecule is CN(C)CCNc1nccc2cc3c(cc12)OCCO3. The molecule has 0 amide bonds. The zero-order valence-corrected chi connectivity index (χ0v) is 11.8. The summed E-state index contributed by atoms with van der Waals surface area (Å²) in [5.74, 6) is 2.50. The van der Waals surface area contributed by atoms with E-state index in [1.165, 1.54) is 0 Å². The van der Waals surface area contributed by atoms with Crippen molar-refractivity contribution in [1.82, 2.24) is 9.88 Å². The summed E-state index contributed by atoms with van der Waals surface area (Å²) >= 11 is 0. The van der Waals surface area contributed by atoms with Gasteiger partial charge in [-0.1, -0.05) is 0 Å². The van der Waals surface area contributed by atoms with Crippen molar-refractivity contribution in [2.24, 2.45) is 0 Å². The number of fused-ring (bicyclic) bond motifs is 2. The van der Waals surface area contributed by atoms with Crippen LogP contribution < -0.4 is 14.8 Å². The number of hydrogen-bond donors (Lipinski definition) is 1. The first kappa shape index (κ1) is 13.0. The molecule has 2 heterocycles. The lowest BCUT2D eigenvalue weighted by Gasteiger charge is -2.19. The second kappa shape index (κ2) is 5.54. The zero-order valence-electron chi connectivity index (χ0n) is 11.8. The fourth-order valence-electron chi connectivity index (χ4n) is 2.25. The number of benzene rings is 1. The molecule has 3 rings (SSSR count). The van der Waals surface area contributed by atoms with Crippen LogP contribution in [0.25, 0.3) is 10.8 Å². The lowest BCUT2D eigenvalue weighted by atomic mass is 10.1. The average Bonchev–Trinajstić information content (AvgIpc) is 2.45. The van der Waals surface area contributed by atoms with E-state index < -0.39 is 0 Å². The fraction of sp³-hybridized carbons (Fsp3) is 0.400. The molecule has 1 aromatic carbocycles. The Hall–Kier alpha value is -2.01. The van der Waals surface area contributed by atoms with Gasteiger partial charge in [-0.2, -0.15) is 0 Å². The molecule has 0 atom stereocenters. The van der Waals surface area contributed by atoms with Gasteiger partial charge in [0.1, 0.15) is 19.0 Å². The minimum absolute atomic E-state index is 0.599. The van der Waals surface area contributed by atoms with Crippen LogP contribution in [0.5, 0.6) is 11.5 Å². The predicted octanol–water partition coefficient (Wildman–Crippen LogP) is 1.98. The van der Waals surface area contributed by atoms with Gasteiger partial charge < -0.3 is 19.7 Å². The van der Waals surface area contributed by atoms with E-state index in [2.05, 4.69) is 29.3 Å². The molecule has 106 valence electrons. The number of nitrogens with zero attached hydrogens (tertiary/aromatic N) is 2. The number of hydrogen-bond acceptors (Lipinski definition) is 5. The summed E-state index contributed by atoms with van der Waals surface area (Å²) in [4.78, 5) is 6.56. The summed E-state index contributed by atoms with van der Waals surface area (Å²) in [5, 5.41) is 5.55. The van der Waals surface area contributed by atoms with Crippen LogP contribution in [0.1, 0.15) is 0 Å². The second-order valence-corrected chi connectivity index (χ2v) is 5.11. The van der Waals surface area contributed by atoms with E-state index >= 15 is 0 Å². The first-order valence-electron chi connectivity index (χ1n) is 6.81. The summed E-state index contributed by atoms with van der Waals surface area (Å²) in [6.07, 6.45) is 1.82. The molecule has 0 aliphatic carbocycles. The summed E-state index contributed by atoms with van der Waals surface area (Å²) in [6.45, 7) is 3.02. The molecule has 0 saturated heterocycles. The van der Waals surface area contributed by atoms with Gasteiger partial charge in [0.25, 0.3) is 0 Å². The summed E-state index contributed by atoms with van der Waals surface area (Å²) in [5.41, 5.74) is 0. The highest BCUT2D eigenvalue weighted by molar-refractivity contribution is 5.94. The number of anilines is 1. The number of pyridine rings is 1. The lowest BCUT2D eigenvalue weighted by Crippen LogP contribution is -2.21. The van der Waals surface area contributed by atoms with Crippen LogP contribution in [0.3, 0.4) is 0 Å². The number of rotatable bonds is 4. The van der Waals surface area contributed by atoms with E-state index in [0.29, 0.717) is 13.2 Å². The van der Waals surface area contributed by atoms with E-state index in [1.54, 1.807) is 0 Å². The fourth-order valence-corrected chi connectivity index (χ4v) is 2.25. The van der Waals surface area contributed by atoms with E-state index in [-0.39, 0.29) is 0 Å². The second-order valence-electron chi connectivity index (χ2n) is 5.11. The molecular formula is C15H19N3O2. The molecular weight excluding hydrogens is 254 g/mol. The van der Waals surface area contributed by atoms with Gasteiger partial charge in [0, 0.05) is 24.7 Å². The van der Waals surface area contributed by atoms with Crippen LogP contribution in [0.15, 0.2) is 24.4 Å². The van der Waals surface area contributed by atoms with Gasteiger partial charge in [-0.3, -0.25) is 0 Å². The van der Waals surface area contributed by atoms with Gasteiger partial charge in [0.2, 0.25) is 0 Å². The Morgan fingerprint density at radius 1 is 1.20 bits per heavy atom. The van der Waals surface area contributed by atoms with Crippen LogP contribution >= 0.6 is 0 Å². The van der Waals surface area contributed by atoms with Gasteiger partial charge >= 0.3 is 0 Å². The Kier molecular flexibility index (Phi) is 3.60. The van der Waals surface area contributed by atoms with E-state index in [0.717, 1.165) is 41.2 Å². The average molecular weight is 273 g/mol. The quantitative estimate of drug-likeness (QED) is 0.923. The van der Waals surface area contributed by atoms with Crippen molar-refractivity contribution >= 4 is 16.6 Å². The summed E-state index contributed by atoms with van der Waals surface area (Å²) < 4.78 is 11.3. The topological polar surface area (TPSA) is 46.6 Å². The lowest BCUT2D eigenvalue weighted by molar-refractivity contribution is 0.172. The van der Waals surface area contributed by atoms with Gasteiger partial charge in [-0.15, -0.1) is 0 Å². The van der Waals surface area contributed by atoms with Crippen LogP contribution in [-0.2, 0) is 0 Å². The first-order chi connectivity index (χ1) is 9.74. The van der Waals surface area contributed by atoms with Gasteiger partial charge in [-0.05, 0) is 37.7 Å². The number of ether oxygens (including phenoxy) is 2. The minimum atomic E-state index is 0.599. The summed E-state index contributed by atoms with van der Waals surface area (Å²) in [7, 11) is 4.11. The minimum Gasteiger partial charge on any atom is -0.486 e. The van der Waals surface area contributed by atoms with Gasteiger partial charge in [0.05, 0.1) is 0 Å². The Labute approximate surface area is 118 Å². The van der Waals surface area contributed by atoms with Crippen molar-refractivity contribution in [3.63, 3.8) is 0 Å². The molecule has 0 fully saturated rings. The van der Waals surface area contributed by atoms with Crippen molar-refractivity contribution in [3.05, 3.63) is 24.4 Å². The molecule has 0 spiro atoms. The molecule has 20 heavy (non-hydrogen) atoms. The monoisotopic (exact) mass is 273 g/mol. The highest BCUT2D eigenvalue weighted by Crippen LogP contribution is 2.36. The zero-order chi connectivity index (χ0) is 13.9. The molecule has 5 heteroatoms. The maximum Gasteiger partial charge on any atom is 0.162 e. The van der Waals surface area contributed by atoms with Gasteiger partial charge in [0.15, 0.2) is 11.5 Å². The molecule has 0 radical (unpaired) electrons. The molecule has 1 aromatic heterocycles. The van der Waals surface area contributed by atoms with Gasteiger partial charge in [-0.25, -0.2) is 4.98 Å². The van der Waals surface area contributed by atoms with Crippen molar-refractivity contribution in [1.29, 1.82) is 0 Å². The van der Waals surface area contributed by atoms with E-state index in [4.69, 9.17) is 9.47 Å². The molecule has 1 N–H and O–H groups in total. The molecule has 0 saturated carbocycles.